The zero-order chi connectivity index (χ0) is 14.4. The van der Waals surface area contributed by atoms with E-state index in [4.69, 9.17) is 17.3 Å². The summed E-state index contributed by atoms with van der Waals surface area (Å²) in [7, 11) is 3.52. The Hall–Kier alpha value is -1.10. The number of nitrogens with zero attached hydrogens (tertiary/aromatic N) is 2. The Kier molecular flexibility index (Phi) is 6.28. The summed E-state index contributed by atoms with van der Waals surface area (Å²) in [5.74, 6) is 0.0780. The molecule has 0 aliphatic carbocycles. The summed E-state index contributed by atoms with van der Waals surface area (Å²) >= 11 is 5.89. The first-order chi connectivity index (χ1) is 8.99. The highest BCUT2D eigenvalue weighted by Gasteiger charge is 2.20. The van der Waals surface area contributed by atoms with Crippen molar-refractivity contribution in [3.8, 4) is 0 Å². The standard InChI is InChI=1S/C14H22ClN3O/c1-4-18(10-14(19)17(2)3)13(9-16)11-5-7-12(15)8-6-11/h5-8,13H,4,9-10,16H2,1-3H3. The molecule has 1 unspecified atom stereocenters. The van der Waals surface area contributed by atoms with Crippen LogP contribution >= 0.6 is 11.6 Å². The first kappa shape index (κ1) is 16.0. The van der Waals surface area contributed by atoms with Gasteiger partial charge in [0.2, 0.25) is 5.91 Å². The smallest absolute Gasteiger partial charge is 0.236 e. The molecule has 4 nitrogen and oxygen atoms in total. The van der Waals surface area contributed by atoms with Gasteiger partial charge in [-0.25, -0.2) is 0 Å². The Morgan fingerprint density at radius 2 is 1.89 bits per heavy atom. The van der Waals surface area contributed by atoms with Crippen LogP contribution in [-0.2, 0) is 4.79 Å². The van der Waals surface area contributed by atoms with Crippen molar-refractivity contribution in [1.82, 2.24) is 9.80 Å². The summed E-state index contributed by atoms with van der Waals surface area (Å²) in [6.45, 7) is 3.63. The molecule has 0 fully saturated rings. The summed E-state index contributed by atoms with van der Waals surface area (Å²) in [6.07, 6.45) is 0. The Morgan fingerprint density at radius 3 is 2.32 bits per heavy atom. The van der Waals surface area contributed by atoms with Gasteiger partial charge in [-0.3, -0.25) is 9.69 Å². The van der Waals surface area contributed by atoms with Crippen molar-refractivity contribution in [2.75, 3.05) is 33.7 Å². The number of carbonyl (C=O) groups excluding carboxylic acids is 1. The molecule has 0 heterocycles. The summed E-state index contributed by atoms with van der Waals surface area (Å²) in [5, 5.41) is 0.701. The molecule has 1 aromatic rings. The topological polar surface area (TPSA) is 49.6 Å². The molecule has 0 bridgehead atoms. The van der Waals surface area contributed by atoms with Gasteiger partial charge in [-0.2, -0.15) is 0 Å². The molecule has 1 rings (SSSR count). The third-order valence-electron chi connectivity index (χ3n) is 3.16. The van der Waals surface area contributed by atoms with Gasteiger partial charge in [-0.05, 0) is 24.2 Å². The van der Waals surface area contributed by atoms with E-state index in [1.165, 1.54) is 0 Å². The van der Waals surface area contributed by atoms with Crippen molar-refractivity contribution >= 4 is 17.5 Å². The van der Waals surface area contributed by atoms with Crippen LogP contribution in [-0.4, -0.2) is 49.4 Å². The van der Waals surface area contributed by atoms with E-state index >= 15 is 0 Å². The van der Waals surface area contributed by atoms with Crippen LogP contribution in [0.3, 0.4) is 0 Å². The average molecular weight is 284 g/mol. The van der Waals surface area contributed by atoms with Gasteiger partial charge in [-0.1, -0.05) is 30.7 Å². The number of hydrogen-bond donors (Lipinski definition) is 1. The second-order valence-corrected chi connectivity index (χ2v) is 5.09. The molecule has 0 spiro atoms. The largest absolute Gasteiger partial charge is 0.348 e. The maximum Gasteiger partial charge on any atom is 0.236 e. The quantitative estimate of drug-likeness (QED) is 0.865. The minimum absolute atomic E-state index is 0.0335. The summed E-state index contributed by atoms with van der Waals surface area (Å²) in [5.41, 5.74) is 6.96. The van der Waals surface area contributed by atoms with Crippen LogP contribution in [0.25, 0.3) is 0 Å². The van der Waals surface area contributed by atoms with Crippen LogP contribution < -0.4 is 5.73 Å². The minimum atomic E-state index is 0.0335. The van der Waals surface area contributed by atoms with Crippen LogP contribution in [0.1, 0.15) is 18.5 Å². The number of likely N-dealkylation sites (N-methyl/N-ethyl adjacent to an activating group) is 2. The Labute approximate surface area is 120 Å². The second kappa shape index (κ2) is 7.48. The van der Waals surface area contributed by atoms with Crippen molar-refractivity contribution in [3.63, 3.8) is 0 Å². The molecule has 0 aliphatic heterocycles. The van der Waals surface area contributed by atoms with Crippen LogP contribution in [0.5, 0.6) is 0 Å². The van der Waals surface area contributed by atoms with E-state index in [2.05, 4.69) is 4.90 Å². The van der Waals surface area contributed by atoms with Gasteiger partial charge in [0.15, 0.2) is 0 Å². The van der Waals surface area contributed by atoms with Crippen molar-refractivity contribution in [2.24, 2.45) is 5.73 Å². The lowest BCUT2D eigenvalue weighted by molar-refractivity contribution is -0.130. The molecule has 19 heavy (non-hydrogen) atoms. The van der Waals surface area contributed by atoms with E-state index in [-0.39, 0.29) is 11.9 Å². The van der Waals surface area contributed by atoms with E-state index in [0.717, 1.165) is 12.1 Å². The van der Waals surface area contributed by atoms with Gasteiger partial charge in [0.05, 0.1) is 6.54 Å². The predicted octanol–water partition coefficient (Wildman–Crippen LogP) is 1.75. The zero-order valence-corrected chi connectivity index (χ0v) is 12.5. The molecule has 0 saturated heterocycles. The maximum atomic E-state index is 11.8. The van der Waals surface area contributed by atoms with Gasteiger partial charge in [0.25, 0.3) is 0 Å². The van der Waals surface area contributed by atoms with Crippen LogP contribution in [0.15, 0.2) is 24.3 Å². The van der Waals surface area contributed by atoms with Crippen molar-refractivity contribution < 1.29 is 4.79 Å². The normalized spacial score (nSPS) is 12.5. The highest BCUT2D eigenvalue weighted by molar-refractivity contribution is 6.30. The van der Waals surface area contributed by atoms with Gasteiger partial charge < -0.3 is 10.6 Å². The highest BCUT2D eigenvalue weighted by Crippen LogP contribution is 2.21. The van der Waals surface area contributed by atoms with E-state index in [1.807, 2.05) is 31.2 Å². The number of halogens is 1. The van der Waals surface area contributed by atoms with Crippen molar-refractivity contribution in [3.05, 3.63) is 34.9 Å². The van der Waals surface area contributed by atoms with E-state index in [9.17, 15) is 4.79 Å². The molecule has 0 saturated carbocycles. The van der Waals surface area contributed by atoms with E-state index < -0.39 is 0 Å². The lowest BCUT2D eigenvalue weighted by atomic mass is 10.1. The predicted molar refractivity (Wildman–Crippen MR) is 79.2 cm³/mol. The lowest BCUT2D eigenvalue weighted by Crippen LogP contribution is -2.41. The molecule has 1 atom stereocenters. The maximum absolute atomic E-state index is 11.8. The van der Waals surface area contributed by atoms with Crippen LogP contribution in [0.4, 0.5) is 0 Å². The summed E-state index contributed by atoms with van der Waals surface area (Å²) in [4.78, 5) is 15.5. The third kappa shape index (κ3) is 4.49. The SMILES string of the molecule is CCN(CC(=O)N(C)C)C(CN)c1ccc(Cl)cc1. The molecular weight excluding hydrogens is 262 g/mol. The van der Waals surface area contributed by atoms with Gasteiger partial charge >= 0.3 is 0 Å². The molecule has 2 N–H and O–H groups in total. The molecule has 0 aliphatic rings. The average Bonchev–Trinajstić information content (AvgIpc) is 2.40. The third-order valence-corrected chi connectivity index (χ3v) is 3.41. The fourth-order valence-electron chi connectivity index (χ4n) is 1.94. The number of nitrogens with two attached hydrogens (primary N) is 1. The van der Waals surface area contributed by atoms with Gasteiger partial charge in [0.1, 0.15) is 0 Å². The number of amides is 1. The minimum Gasteiger partial charge on any atom is -0.348 e. The first-order valence-electron chi connectivity index (χ1n) is 6.39. The fraction of sp³-hybridized carbons (Fsp3) is 0.500. The fourth-order valence-corrected chi connectivity index (χ4v) is 2.06. The van der Waals surface area contributed by atoms with Crippen molar-refractivity contribution in [2.45, 2.75) is 13.0 Å². The lowest BCUT2D eigenvalue weighted by Gasteiger charge is -2.30. The number of rotatable bonds is 6. The first-order valence-corrected chi connectivity index (χ1v) is 6.77. The molecule has 0 radical (unpaired) electrons. The number of hydrogen-bond acceptors (Lipinski definition) is 3. The second-order valence-electron chi connectivity index (χ2n) is 4.65. The van der Waals surface area contributed by atoms with Gasteiger partial charge in [-0.15, -0.1) is 0 Å². The van der Waals surface area contributed by atoms with E-state index in [0.29, 0.717) is 18.1 Å². The number of carbonyl (C=O) groups is 1. The summed E-state index contributed by atoms with van der Waals surface area (Å²) < 4.78 is 0. The molecule has 106 valence electrons. The highest BCUT2D eigenvalue weighted by atomic mass is 35.5. The molecule has 0 aromatic heterocycles. The molecule has 1 aromatic carbocycles. The Bertz CT molecular complexity index is 406. The molecule has 5 heteroatoms. The van der Waals surface area contributed by atoms with Crippen LogP contribution in [0, 0.1) is 0 Å². The van der Waals surface area contributed by atoms with Crippen LogP contribution in [0.2, 0.25) is 5.02 Å². The Balaban J connectivity index is 2.86. The van der Waals surface area contributed by atoms with Gasteiger partial charge in [0, 0.05) is 31.7 Å². The molecule has 1 amide bonds. The van der Waals surface area contributed by atoms with E-state index in [1.54, 1.807) is 19.0 Å². The number of benzene rings is 1. The monoisotopic (exact) mass is 283 g/mol. The molecular formula is C14H22ClN3O. The Morgan fingerprint density at radius 1 is 1.32 bits per heavy atom. The zero-order valence-electron chi connectivity index (χ0n) is 11.8. The van der Waals surface area contributed by atoms with Crippen molar-refractivity contribution in [1.29, 1.82) is 0 Å². The summed E-state index contributed by atoms with van der Waals surface area (Å²) in [6, 6.07) is 7.65.